The van der Waals surface area contributed by atoms with E-state index in [0.29, 0.717) is 30.5 Å². The maximum Gasteiger partial charge on any atom is 0.313 e. The topological polar surface area (TPSA) is 70.7 Å². The lowest BCUT2D eigenvalue weighted by atomic mass is 10.2. The summed E-state index contributed by atoms with van der Waals surface area (Å²) in [5.74, 6) is -1.41. The van der Waals surface area contributed by atoms with Gasteiger partial charge in [-0.2, -0.15) is 0 Å². The molecule has 2 amide bonds. The number of anilines is 1. The molecule has 2 aromatic rings. The lowest BCUT2D eigenvalue weighted by Gasteiger charge is -2.34. The Bertz CT molecular complexity index is 748. The molecule has 1 aromatic carbocycles. The number of morpholine rings is 1. The first-order valence-corrected chi connectivity index (χ1v) is 9.60. The average molecular weight is 394 g/mol. The quantitative estimate of drug-likeness (QED) is 0.766. The van der Waals surface area contributed by atoms with E-state index in [9.17, 15) is 9.59 Å². The van der Waals surface area contributed by atoms with Crippen LogP contribution in [0.15, 0.2) is 41.8 Å². The van der Waals surface area contributed by atoms with Crippen LogP contribution in [-0.4, -0.2) is 49.6 Å². The molecule has 138 valence electrons. The molecule has 6 nitrogen and oxygen atoms in total. The van der Waals surface area contributed by atoms with Crippen LogP contribution in [0.25, 0.3) is 0 Å². The van der Waals surface area contributed by atoms with Crippen LogP contribution >= 0.6 is 22.9 Å². The maximum atomic E-state index is 12.2. The van der Waals surface area contributed by atoms with E-state index in [1.165, 1.54) is 0 Å². The normalized spacial score (nSPS) is 16.0. The summed E-state index contributed by atoms with van der Waals surface area (Å²) in [6, 6.07) is 10.9. The highest BCUT2D eigenvalue weighted by molar-refractivity contribution is 7.10. The van der Waals surface area contributed by atoms with Crippen molar-refractivity contribution in [1.29, 1.82) is 0 Å². The van der Waals surface area contributed by atoms with Crippen LogP contribution in [0.1, 0.15) is 10.9 Å². The molecule has 1 fully saturated rings. The number of hydrogen-bond acceptors (Lipinski definition) is 5. The van der Waals surface area contributed by atoms with Gasteiger partial charge in [0, 0.05) is 24.5 Å². The van der Waals surface area contributed by atoms with Gasteiger partial charge in [-0.05, 0) is 23.6 Å². The molecule has 0 unspecified atom stereocenters. The van der Waals surface area contributed by atoms with Crippen LogP contribution in [0.3, 0.4) is 0 Å². The summed E-state index contributed by atoms with van der Waals surface area (Å²) in [6.45, 7) is 3.29. The van der Waals surface area contributed by atoms with Crippen molar-refractivity contribution in [2.45, 2.75) is 6.04 Å². The van der Waals surface area contributed by atoms with Crippen LogP contribution < -0.4 is 10.6 Å². The number of halogens is 1. The summed E-state index contributed by atoms with van der Waals surface area (Å²) >= 11 is 7.64. The molecule has 1 aliphatic heterocycles. The molecule has 2 N–H and O–H groups in total. The van der Waals surface area contributed by atoms with Gasteiger partial charge >= 0.3 is 11.8 Å². The molecule has 26 heavy (non-hydrogen) atoms. The highest BCUT2D eigenvalue weighted by Gasteiger charge is 2.25. The third-order valence-corrected chi connectivity index (χ3v) is 5.45. The predicted molar refractivity (Wildman–Crippen MR) is 103 cm³/mol. The smallest absolute Gasteiger partial charge is 0.313 e. The van der Waals surface area contributed by atoms with Gasteiger partial charge in [0.2, 0.25) is 0 Å². The van der Waals surface area contributed by atoms with Crippen molar-refractivity contribution in [2.75, 3.05) is 38.2 Å². The number of hydrogen-bond donors (Lipinski definition) is 2. The van der Waals surface area contributed by atoms with Gasteiger partial charge < -0.3 is 15.4 Å². The number of carbonyl (C=O) groups excluding carboxylic acids is 2. The Balaban J connectivity index is 1.60. The number of carbonyl (C=O) groups is 2. The van der Waals surface area contributed by atoms with E-state index in [1.807, 2.05) is 17.5 Å². The summed E-state index contributed by atoms with van der Waals surface area (Å²) in [7, 11) is 0. The minimum Gasteiger partial charge on any atom is -0.379 e. The highest BCUT2D eigenvalue weighted by atomic mass is 35.5. The Kier molecular flexibility index (Phi) is 6.62. The van der Waals surface area contributed by atoms with Crippen molar-refractivity contribution in [3.8, 4) is 0 Å². The lowest BCUT2D eigenvalue weighted by Crippen LogP contribution is -2.45. The first-order valence-electron chi connectivity index (χ1n) is 8.34. The van der Waals surface area contributed by atoms with E-state index >= 15 is 0 Å². The minimum absolute atomic E-state index is 0.0240. The van der Waals surface area contributed by atoms with Crippen LogP contribution in [0.2, 0.25) is 5.02 Å². The van der Waals surface area contributed by atoms with Gasteiger partial charge in [0.15, 0.2) is 0 Å². The number of rotatable bonds is 5. The molecule has 0 bridgehead atoms. The van der Waals surface area contributed by atoms with E-state index in [-0.39, 0.29) is 6.04 Å². The molecule has 0 aliphatic carbocycles. The molecule has 8 heteroatoms. The molecular formula is C18H20ClN3O3S. The molecule has 1 aliphatic rings. The molecule has 2 heterocycles. The van der Waals surface area contributed by atoms with Crippen molar-refractivity contribution in [3.63, 3.8) is 0 Å². The molecule has 1 atom stereocenters. The number of para-hydroxylation sites is 1. The monoisotopic (exact) mass is 393 g/mol. The number of benzene rings is 1. The standard InChI is InChI=1S/C18H20ClN3O3S/c19-13-4-1-2-5-14(13)21-18(24)17(23)20-12-15(16-6-3-11-26-16)22-7-9-25-10-8-22/h1-6,11,15H,7-10,12H2,(H,20,23)(H,21,24)/t15-/m1/s1. The minimum atomic E-state index is -0.731. The van der Waals surface area contributed by atoms with Gasteiger partial charge in [0.1, 0.15) is 0 Å². The molecule has 0 spiro atoms. The van der Waals surface area contributed by atoms with E-state index < -0.39 is 11.8 Å². The Morgan fingerprint density at radius 1 is 1.15 bits per heavy atom. The first-order chi connectivity index (χ1) is 12.6. The Labute approximate surface area is 161 Å². The number of nitrogens with one attached hydrogen (secondary N) is 2. The second kappa shape index (κ2) is 9.14. The molecule has 0 saturated carbocycles. The molecule has 0 radical (unpaired) electrons. The molecule has 1 aromatic heterocycles. The third kappa shape index (κ3) is 4.82. The molecule has 3 rings (SSSR count). The fourth-order valence-corrected chi connectivity index (χ4v) is 3.83. The fourth-order valence-electron chi connectivity index (χ4n) is 2.79. The van der Waals surface area contributed by atoms with E-state index in [4.69, 9.17) is 16.3 Å². The highest BCUT2D eigenvalue weighted by Crippen LogP contribution is 2.25. The van der Waals surface area contributed by atoms with Crippen LogP contribution in [0.5, 0.6) is 0 Å². The average Bonchev–Trinajstić information content (AvgIpc) is 3.19. The summed E-state index contributed by atoms with van der Waals surface area (Å²) < 4.78 is 5.41. The largest absolute Gasteiger partial charge is 0.379 e. The van der Waals surface area contributed by atoms with Gasteiger partial charge in [0.25, 0.3) is 0 Å². The number of nitrogens with zero attached hydrogens (tertiary/aromatic N) is 1. The predicted octanol–water partition coefficient (Wildman–Crippen LogP) is 2.53. The van der Waals surface area contributed by atoms with Gasteiger partial charge in [-0.1, -0.05) is 29.8 Å². The lowest BCUT2D eigenvalue weighted by molar-refractivity contribution is -0.136. The Morgan fingerprint density at radius 2 is 1.92 bits per heavy atom. The van der Waals surface area contributed by atoms with Crippen molar-refractivity contribution in [1.82, 2.24) is 10.2 Å². The zero-order valence-corrected chi connectivity index (χ0v) is 15.7. The van der Waals surface area contributed by atoms with E-state index in [2.05, 4.69) is 15.5 Å². The summed E-state index contributed by atoms with van der Waals surface area (Å²) in [4.78, 5) is 27.8. The molecular weight excluding hydrogens is 374 g/mol. The van der Waals surface area contributed by atoms with Gasteiger partial charge in [-0.3, -0.25) is 14.5 Å². The van der Waals surface area contributed by atoms with Crippen molar-refractivity contribution in [2.24, 2.45) is 0 Å². The summed E-state index contributed by atoms with van der Waals surface area (Å²) in [5.41, 5.74) is 0.414. The van der Waals surface area contributed by atoms with Crippen LogP contribution in [0, 0.1) is 0 Å². The van der Waals surface area contributed by atoms with Gasteiger partial charge in [0.05, 0.1) is 30.0 Å². The Hall–Kier alpha value is -1.93. The second-order valence-corrected chi connectivity index (χ2v) is 7.21. The van der Waals surface area contributed by atoms with Gasteiger partial charge in [-0.15, -0.1) is 11.3 Å². The number of thiophene rings is 1. The fraction of sp³-hybridized carbons (Fsp3) is 0.333. The number of ether oxygens (including phenoxy) is 1. The second-order valence-electron chi connectivity index (χ2n) is 5.82. The first kappa shape index (κ1) is 18.8. The zero-order chi connectivity index (χ0) is 18.4. The summed E-state index contributed by atoms with van der Waals surface area (Å²) in [5, 5.41) is 7.67. The summed E-state index contributed by atoms with van der Waals surface area (Å²) in [6.07, 6.45) is 0. The van der Waals surface area contributed by atoms with E-state index in [1.54, 1.807) is 35.6 Å². The van der Waals surface area contributed by atoms with Crippen molar-refractivity contribution >= 4 is 40.4 Å². The SMILES string of the molecule is O=C(NC[C@H](c1cccs1)N1CCOCC1)C(=O)Nc1ccccc1Cl. The van der Waals surface area contributed by atoms with Crippen molar-refractivity contribution < 1.29 is 14.3 Å². The Morgan fingerprint density at radius 3 is 2.62 bits per heavy atom. The van der Waals surface area contributed by atoms with Crippen molar-refractivity contribution in [3.05, 3.63) is 51.7 Å². The third-order valence-electron chi connectivity index (χ3n) is 4.14. The van der Waals surface area contributed by atoms with Crippen LogP contribution in [-0.2, 0) is 14.3 Å². The van der Waals surface area contributed by atoms with Gasteiger partial charge in [-0.25, -0.2) is 0 Å². The maximum absolute atomic E-state index is 12.2. The zero-order valence-electron chi connectivity index (χ0n) is 14.1. The number of amides is 2. The van der Waals surface area contributed by atoms with Crippen LogP contribution in [0.4, 0.5) is 5.69 Å². The van der Waals surface area contributed by atoms with E-state index in [0.717, 1.165) is 18.0 Å². The molecule has 1 saturated heterocycles.